The lowest BCUT2D eigenvalue weighted by molar-refractivity contribution is 0.768. The van der Waals surface area contributed by atoms with E-state index in [1.807, 2.05) is 6.07 Å². The lowest BCUT2D eigenvalue weighted by Crippen LogP contribution is -2.28. The maximum atomic E-state index is 6.57. The van der Waals surface area contributed by atoms with E-state index in [0.29, 0.717) is 0 Å². The molecule has 0 saturated carbocycles. The summed E-state index contributed by atoms with van der Waals surface area (Å²) in [5, 5.41) is 0.762. The molecule has 0 N–H and O–H groups in total. The van der Waals surface area contributed by atoms with E-state index in [1.165, 1.54) is 44.5 Å². The Kier molecular flexibility index (Phi) is 4.48. The first-order valence-electron chi connectivity index (χ1n) is 10.9. The fraction of sp³-hybridized carbons (Fsp3) is 0.0323. The molecule has 0 aromatic heterocycles. The van der Waals surface area contributed by atoms with Crippen molar-refractivity contribution >= 4 is 11.6 Å². The molecule has 152 valence electrons. The molecule has 1 aliphatic rings. The number of hydrogen-bond acceptors (Lipinski definition) is 0. The molecule has 0 heterocycles. The number of fused-ring (bicyclic) bond motifs is 3. The summed E-state index contributed by atoms with van der Waals surface area (Å²) in [7, 11) is 0. The first kappa shape index (κ1) is 19.1. The summed E-state index contributed by atoms with van der Waals surface area (Å²) >= 11 is 6.57. The van der Waals surface area contributed by atoms with Crippen LogP contribution in [0.3, 0.4) is 0 Å². The summed E-state index contributed by atoms with van der Waals surface area (Å²) in [5.74, 6) is 0. The Morgan fingerprint density at radius 1 is 0.438 bits per heavy atom. The third kappa shape index (κ3) is 2.77. The average molecular weight is 429 g/mol. The van der Waals surface area contributed by atoms with Crippen LogP contribution in [0.2, 0.25) is 5.02 Å². The maximum Gasteiger partial charge on any atom is 0.0714 e. The van der Waals surface area contributed by atoms with Crippen molar-refractivity contribution in [3.8, 4) is 22.3 Å². The molecule has 0 nitrogen and oxygen atoms in total. The molecule has 0 spiro atoms. The first-order valence-corrected chi connectivity index (χ1v) is 11.3. The fourth-order valence-electron chi connectivity index (χ4n) is 5.27. The third-order valence-corrected chi connectivity index (χ3v) is 6.87. The lowest BCUT2D eigenvalue weighted by Gasteiger charge is -2.34. The van der Waals surface area contributed by atoms with Crippen molar-refractivity contribution in [1.29, 1.82) is 0 Å². The second-order valence-corrected chi connectivity index (χ2v) is 8.73. The molecule has 0 fully saturated rings. The predicted molar refractivity (Wildman–Crippen MR) is 134 cm³/mol. The molecule has 1 unspecified atom stereocenters. The van der Waals surface area contributed by atoms with Crippen LogP contribution in [-0.4, -0.2) is 0 Å². The van der Waals surface area contributed by atoms with Crippen molar-refractivity contribution in [3.05, 3.63) is 155 Å². The predicted octanol–water partition coefficient (Wildman–Crippen LogP) is 8.37. The van der Waals surface area contributed by atoms with Crippen LogP contribution >= 0.6 is 11.6 Å². The zero-order chi connectivity index (χ0) is 21.5. The van der Waals surface area contributed by atoms with Gasteiger partial charge >= 0.3 is 0 Å². The van der Waals surface area contributed by atoms with Crippen molar-refractivity contribution in [2.75, 3.05) is 0 Å². The molecule has 1 aliphatic carbocycles. The standard InChI is InChI=1S/C31H21Cl/c32-26-19-20-28-27-13-7-8-14-29(27)31(30(28)21-26,24-11-5-2-6-12-24)25-17-15-23(16-18-25)22-9-3-1-4-10-22/h1-21H. The van der Waals surface area contributed by atoms with Gasteiger partial charge in [-0.15, -0.1) is 0 Å². The Labute approximate surface area is 193 Å². The van der Waals surface area contributed by atoms with Gasteiger partial charge in [-0.3, -0.25) is 0 Å². The van der Waals surface area contributed by atoms with Gasteiger partial charge in [-0.05, 0) is 56.6 Å². The van der Waals surface area contributed by atoms with Crippen LogP contribution in [0.4, 0.5) is 0 Å². The van der Waals surface area contributed by atoms with Gasteiger partial charge in [-0.1, -0.05) is 127 Å². The Bertz CT molecular complexity index is 1400. The SMILES string of the molecule is Clc1ccc2c(c1)C(c1ccccc1)(c1ccc(-c3ccccc3)cc1)c1ccccc1-2. The molecule has 0 saturated heterocycles. The quantitative estimate of drug-likeness (QED) is 0.265. The van der Waals surface area contributed by atoms with Crippen molar-refractivity contribution in [3.63, 3.8) is 0 Å². The Hall–Kier alpha value is -3.61. The van der Waals surface area contributed by atoms with E-state index in [1.54, 1.807) is 0 Å². The molecule has 0 aliphatic heterocycles. The van der Waals surface area contributed by atoms with Crippen molar-refractivity contribution < 1.29 is 0 Å². The largest absolute Gasteiger partial charge is 0.0843 e. The van der Waals surface area contributed by atoms with Gasteiger partial charge in [0.25, 0.3) is 0 Å². The van der Waals surface area contributed by atoms with Gasteiger partial charge in [0.2, 0.25) is 0 Å². The summed E-state index contributed by atoms with van der Waals surface area (Å²) in [4.78, 5) is 0. The van der Waals surface area contributed by atoms with Crippen molar-refractivity contribution in [2.45, 2.75) is 5.41 Å². The van der Waals surface area contributed by atoms with Gasteiger partial charge in [-0.2, -0.15) is 0 Å². The average Bonchev–Trinajstić information content (AvgIpc) is 3.15. The van der Waals surface area contributed by atoms with Crippen LogP contribution in [-0.2, 0) is 5.41 Å². The summed E-state index contributed by atoms with van der Waals surface area (Å²) in [6.45, 7) is 0. The summed E-state index contributed by atoms with van der Waals surface area (Å²) in [6, 6.07) is 45.4. The van der Waals surface area contributed by atoms with Gasteiger partial charge in [-0.25, -0.2) is 0 Å². The minimum atomic E-state index is -0.409. The molecular weight excluding hydrogens is 408 g/mol. The Morgan fingerprint density at radius 3 is 1.75 bits per heavy atom. The number of hydrogen-bond donors (Lipinski definition) is 0. The number of benzene rings is 5. The minimum Gasteiger partial charge on any atom is -0.0843 e. The van der Waals surface area contributed by atoms with Crippen LogP contribution < -0.4 is 0 Å². The van der Waals surface area contributed by atoms with Gasteiger partial charge in [0, 0.05) is 5.02 Å². The highest BCUT2D eigenvalue weighted by Crippen LogP contribution is 2.56. The van der Waals surface area contributed by atoms with E-state index >= 15 is 0 Å². The van der Waals surface area contributed by atoms with Crippen LogP contribution in [0.5, 0.6) is 0 Å². The fourth-order valence-corrected chi connectivity index (χ4v) is 5.44. The Balaban J connectivity index is 1.67. The minimum absolute atomic E-state index is 0.409. The van der Waals surface area contributed by atoms with Gasteiger partial charge in [0.1, 0.15) is 0 Å². The topological polar surface area (TPSA) is 0 Å². The number of rotatable bonds is 3. The highest BCUT2D eigenvalue weighted by atomic mass is 35.5. The van der Waals surface area contributed by atoms with Crippen LogP contribution in [0.1, 0.15) is 22.3 Å². The second kappa shape index (κ2) is 7.51. The maximum absolute atomic E-state index is 6.57. The summed E-state index contributed by atoms with van der Waals surface area (Å²) < 4.78 is 0. The van der Waals surface area contributed by atoms with Crippen LogP contribution in [0.25, 0.3) is 22.3 Å². The molecular formula is C31H21Cl. The van der Waals surface area contributed by atoms with E-state index in [9.17, 15) is 0 Å². The van der Waals surface area contributed by atoms with Crippen LogP contribution in [0.15, 0.2) is 127 Å². The highest BCUT2D eigenvalue weighted by Gasteiger charge is 2.45. The monoisotopic (exact) mass is 428 g/mol. The molecule has 5 aromatic rings. The van der Waals surface area contributed by atoms with Crippen molar-refractivity contribution in [2.24, 2.45) is 0 Å². The lowest BCUT2D eigenvalue weighted by atomic mass is 9.67. The van der Waals surface area contributed by atoms with Gasteiger partial charge in [0.15, 0.2) is 0 Å². The van der Waals surface area contributed by atoms with E-state index in [0.717, 1.165) is 5.02 Å². The zero-order valence-corrected chi connectivity index (χ0v) is 18.3. The van der Waals surface area contributed by atoms with E-state index in [4.69, 9.17) is 11.6 Å². The third-order valence-electron chi connectivity index (χ3n) is 6.64. The molecule has 0 bridgehead atoms. The first-order chi connectivity index (χ1) is 15.8. The van der Waals surface area contributed by atoms with Crippen LogP contribution in [0, 0.1) is 0 Å². The summed E-state index contributed by atoms with van der Waals surface area (Å²) in [5.41, 5.74) is 9.60. The normalized spacial score (nSPS) is 16.4. The molecule has 1 heteroatoms. The molecule has 5 aromatic carbocycles. The summed E-state index contributed by atoms with van der Waals surface area (Å²) in [6.07, 6.45) is 0. The molecule has 6 rings (SSSR count). The van der Waals surface area contributed by atoms with E-state index in [2.05, 4.69) is 121 Å². The van der Waals surface area contributed by atoms with E-state index in [-0.39, 0.29) is 0 Å². The zero-order valence-electron chi connectivity index (χ0n) is 17.5. The Morgan fingerprint density at radius 2 is 1.00 bits per heavy atom. The molecule has 0 radical (unpaired) electrons. The molecule has 32 heavy (non-hydrogen) atoms. The molecule has 1 atom stereocenters. The van der Waals surface area contributed by atoms with Crippen molar-refractivity contribution in [1.82, 2.24) is 0 Å². The highest BCUT2D eigenvalue weighted by molar-refractivity contribution is 6.30. The van der Waals surface area contributed by atoms with Gasteiger partial charge < -0.3 is 0 Å². The second-order valence-electron chi connectivity index (χ2n) is 8.29. The van der Waals surface area contributed by atoms with Gasteiger partial charge in [0.05, 0.1) is 5.41 Å². The number of halogens is 1. The van der Waals surface area contributed by atoms with E-state index < -0.39 is 5.41 Å². The smallest absolute Gasteiger partial charge is 0.0714 e. The molecule has 0 amide bonds.